The second-order valence-electron chi connectivity index (χ2n) is 5.64. The molecule has 2 heterocycles. The fourth-order valence-electron chi connectivity index (χ4n) is 2.78. The zero-order valence-corrected chi connectivity index (χ0v) is 13.0. The van der Waals surface area contributed by atoms with Crippen LogP contribution in [-0.2, 0) is 13.0 Å². The molecule has 0 spiro atoms. The van der Waals surface area contributed by atoms with Crippen molar-refractivity contribution in [3.8, 4) is 0 Å². The average molecular weight is 299 g/mol. The van der Waals surface area contributed by atoms with Crippen LogP contribution in [0.25, 0.3) is 0 Å². The molecule has 2 N–H and O–H groups in total. The topological polar surface area (TPSA) is 71.8 Å². The summed E-state index contributed by atoms with van der Waals surface area (Å²) in [5, 5.41) is 14.9. The fourth-order valence-corrected chi connectivity index (χ4v) is 2.78. The van der Waals surface area contributed by atoms with Gasteiger partial charge in [0.1, 0.15) is 5.82 Å². The molecular formula is C16H21N5O. The van der Waals surface area contributed by atoms with E-state index >= 15 is 0 Å². The van der Waals surface area contributed by atoms with Gasteiger partial charge in [-0.25, -0.2) is 0 Å². The van der Waals surface area contributed by atoms with Gasteiger partial charge in [-0.2, -0.15) is 0 Å². The van der Waals surface area contributed by atoms with Gasteiger partial charge in [-0.05, 0) is 25.5 Å². The molecule has 1 atom stereocenters. The Bertz CT molecular complexity index is 679. The monoisotopic (exact) mass is 299 g/mol. The first-order valence-electron chi connectivity index (χ1n) is 7.66. The lowest BCUT2D eigenvalue weighted by molar-refractivity contribution is 0.0937. The Balaban J connectivity index is 1.78. The van der Waals surface area contributed by atoms with E-state index in [9.17, 15) is 4.79 Å². The number of hydrogen-bond acceptors (Lipinski definition) is 4. The molecule has 1 aliphatic heterocycles. The highest BCUT2D eigenvalue weighted by atomic mass is 16.1. The molecule has 0 radical (unpaired) electrons. The highest BCUT2D eigenvalue weighted by Gasteiger charge is 2.21. The van der Waals surface area contributed by atoms with Crippen molar-refractivity contribution in [1.29, 1.82) is 0 Å². The summed E-state index contributed by atoms with van der Waals surface area (Å²) in [5.41, 5.74) is 1.67. The molecule has 2 aromatic rings. The lowest BCUT2D eigenvalue weighted by atomic mass is 10.1. The van der Waals surface area contributed by atoms with Gasteiger partial charge < -0.3 is 15.2 Å². The third kappa shape index (κ3) is 2.87. The van der Waals surface area contributed by atoms with Crippen molar-refractivity contribution in [3.63, 3.8) is 0 Å². The number of carbonyl (C=O) groups excluding carboxylic acids is 1. The van der Waals surface area contributed by atoms with Gasteiger partial charge in [0, 0.05) is 31.6 Å². The van der Waals surface area contributed by atoms with Crippen LogP contribution in [0, 0.1) is 6.92 Å². The van der Waals surface area contributed by atoms with Crippen molar-refractivity contribution >= 4 is 5.91 Å². The average Bonchev–Trinajstić information content (AvgIpc) is 2.77. The van der Waals surface area contributed by atoms with E-state index in [1.807, 2.05) is 38.1 Å². The quantitative estimate of drug-likeness (QED) is 0.894. The second kappa shape index (κ2) is 6.27. The number of carbonyl (C=O) groups is 1. The molecule has 6 heteroatoms. The molecule has 0 saturated heterocycles. The van der Waals surface area contributed by atoms with E-state index in [2.05, 4.69) is 25.4 Å². The molecule has 1 aromatic heterocycles. The highest BCUT2D eigenvalue weighted by Crippen LogP contribution is 2.15. The molecule has 6 nitrogen and oxygen atoms in total. The summed E-state index contributed by atoms with van der Waals surface area (Å²) in [6.45, 7) is 6.54. The minimum absolute atomic E-state index is 0.0744. The largest absolute Gasteiger partial charge is 0.342 e. The minimum atomic E-state index is -0.175. The van der Waals surface area contributed by atoms with E-state index in [1.54, 1.807) is 0 Å². The third-order valence-electron chi connectivity index (χ3n) is 4.02. The molecule has 1 amide bonds. The van der Waals surface area contributed by atoms with Crippen LogP contribution in [0.5, 0.6) is 0 Å². The lowest BCUT2D eigenvalue weighted by Crippen LogP contribution is -2.30. The Morgan fingerprint density at radius 1 is 1.32 bits per heavy atom. The van der Waals surface area contributed by atoms with Gasteiger partial charge in [0.25, 0.3) is 5.91 Å². The van der Waals surface area contributed by atoms with Crippen molar-refractivity contribution < 1.29 is 4.79 Å². The number of amides is 1. The Labute approximate surface area is 129 Å². The summed E-state index contributed by atoms with van der Waals surface area (Å²) in [5.74, 6) is 1.73. The van der Waals surface area contributed by atoms with Gasteiger partial charge in [0.05, 0.1) is 6.04 Å². The van der Waals surface area contributed by atoms with E-state index in [4.69, 9.17) is 0 Å². The molecule has 0 saturated carbocycles. The van der Waals surface area contributed by atoms with Crippen molar-refractivity contribution in [2.45, 2.75) is 32.9 Å². The van der Waals surface area contributed by atoms with Gasteiger partial charge in [-0.1, -0.05) is 18.2 Å². The number of nitrogens with zero attached hydrogens (tertiary/aromatic N) is 3. The minimum Gasteiger partial charge on any atom is -0.342 e. The maximum atomic E-state index is 12.4. The maximum Gasteiger partial charge on any atom is 0.252 e. The fraction of sp³-hybridized carbons (Fsp3) is 0.438. The summed E-state index contributed by atoms with van der Waals surface area (Å²) in [4.78, 5) is 12.4. The molecular weight excluding hydrogens is 278 g/mol. The van der Waals surface area contributed by atoms with Crippen LogP contribution in [0.15, 0.2) is 24.3 Å². The molecule has 3 rings (SSSR count). The summed E-state index contributed by atoms with van der Waals surface area (Å²) < 4.78 is 2.11. The van der Waals surface area contributed by atoms with Crippen LogP contribution in [0.1, 0.15) is 40.5 Å². The van der Waals surface area contributed by atoms with Crippen LogP contribution in [-0.4, -0.2) is 33.8 Å². The van der Waals surface area contributed by atoms with Gasteiger partial charge in [-0.15, -0.1) is 10.2 Å². The summed E-state index contributed by atoms with van der Waals surface area (Å²) in [7, 11) is 0. The first-order chi connectivity index (χ1) is 10.7. The smallest absolute Gasteiger partial charge is 0.252 e. The van der Waals surface area contributed by atoms with Gasteiger partial charge in [0.15, 0.2) is 5.82 Å². The molecule has 1 aliphatic rings. The number of rotatable bonds is 3. The lowest BCUT2D eigenvalue weighted by Gasteiger charge is -2.16. The molecule has 0 aliphatic carbocycles. The first-order valence-corrected chi connectivity index (χ1v) is 7.66. The summed E-state index contributed by atoms with van der Waals surface area (Å²) in [6, 6.07) is 7.41. The number of aryl methyl sites for hydroxylation is 1. The van der Waals surface area contributed by atoms with Crippen molar-refractivity contribution in [3.05, 3.63) is 47.0 Å². The van der Waals surface area contributed by atoms with Crippen LogP contribution in [0.3, 0.4) is 0 Å². The zero-order chi connectivity index (χ0) is 15.5. The standard InChI is InChI=1S/C16H21N5O/c1-11-5-3-4-6-13(11)16(22)18-12(2)15-20-19-14-7-8-17-9-10-21(14)15/h3-6,12,17H,7-10H2,1-2H3,(H,18,22)/t12-/m1/s1. The Morgan fingerprint density at radius 2 is 2.14 bits per heavy atom. The number of fused-ring (bicyclic) bond motifs is 1. The Hall–Kier alpha value is -2.21. The van der Waals surface area contributed by atoms with E-state index in [-0.39, 0.29) is 11.9 Å². The highest BCUT2D eigenvalue weighted by molar-refractivity contribution is 5.95. The number of benzene rings is 1. The number of hydrogen-bond donors (Lipinski definition) is 2. The maximum absolute atomic E-state index is 12.4. The third-order valence-corrected chi connectivity index (χ3v) is 4.02. The number of aromatic nitrogens is 3. The molecule has 0 unspecified atom stereocenters. The van der Waals surface area contributed by atoms with E-state index in [1.165, 1.54) is 0 Å². The predicted molar refractivity (Wildman–Crippen MR) is 83.7 cm³/mol. The second-order valence-corrected chi connectivity index (χ2v) is 5.64. The van der Waals surface area contributed by atoms with E-state index in [0.29, 0.717) is 5.56 Å². The van der Waals surface area contributed by atoms with Crippen molar-refractivity contribution in [1.82, 2.24) is 25.4 Å². The Morgan fingerprint density at radius 3 is 2.95 bits per heavy atom. The summed E-state index contributed by atoms with van der Waals surface area (Å²) in [6.07, 6.45) is 0.867. The first kappa shape index (κ1) is 14.7. The van der Waals surface area contributed by atoms with Crippen LogP contribution < -0.4 is 10.6 Å². The van der Waals surface area contributed by atoms with Crippen LogP contribution in [0.4, 0.5) is 0 Å². The van der Waals surface area contributed by atoms with Crippen molar-refractivity contribution in [2.75, 3.05) is 13.1 Å². The zero-order valence-electron chi connectivity index (χ0n) is 13.0. The van der Waals surface area contributed by atoms with Crippen LogP contribution in [0.2, 0.25) is 0 Å². The molecule has 116 valence electrons. The van der Waals surface area contributed by atoms with Gasteiger partial charge in [-0.3, -0.25) is 4.79 Å². The van der Waals surface area contributed by atoms with E-state index in [0.717, 1.165) is 43.3 Å². The van der Waals surface area contributed by atoms with E-state index < -0.39 is 0 Å². The molecule has 22 heavy (non-hydrogen) atoms. The predicted octanol–water partition coefficient (Wildman–Crippen LogP) is 1.22. The van der Waals surface area contributed by atoms with Crippen LogP contribution >= 0.6 is 0 Å². The van der Waals surface area contributed by atoms with Crippen molar-refractivity contribution in [2.24, 2.45) is 0 Å². The number of nitrogens with one attached hydrogen (secondary N) is 2. The summed E-state index contributed by atoms with van der Waals surface area (Å²) >= 11 is 0. The molecule has 0 bridgehead atoms. The normalized spacial score (nSPS) is 15.7. The molecule has 0 fully saturated rings. The molecule has 1 aromatic carbocycles. The van der Waals surface area contributed by atoms with Gasteiger partial charge >= 0.3 is 0 Å². The SMILES string of the molecule is Cc1ccccc1C(=O)N[C@H](C)c1nnc2n1CCNCC2. The Kier molecular flexibility index (Phi) is 4.20. The van der Waals surface area contributed by atoms with Gasteiger partial charge in [0.2, 0.25) is 0 Å².